The van der Waals surface area contributed by atoms with E-state index < -0.39 is 11.7 Å². The molecule has 174 valence electrons. The third-order valence-corrected chi connectivity index (χ3v) is 5.79. The lowest BCUT2D eigenvalue weighted by Crippen LogP contribution is -2.37. The third-order valence-electron chi connectivity index (χ3n) is 5.03. The van der Waals surface area contributed by atoms with Crippen LogP contribution in [0.5, 0.6) is 0 Å². The fourth-order valence-electron chi connectivity index (χ4n) is 3.22. The number of hydrogen-bond donors (Lipinski definition) is 2. The van der Waals surface area contributed by atoms with Crippen molar-refractivity contribution in [3.8, 4) is 0 Å². The molecule has 1 fully saturated rings. The van der Waals surface area contributed by atoms with Gasteiger partial charge in [0.15, 0.2) is 5.13 Å². The molecule has 0 spiro atoms. The average Bonchev–Trinajstić information content (AvgIpc) is 3.28. The highest BCUT2D eigenvalue weighted by Crippen LogP contribution is 2.32. The first-order valence-corrected chi connectivity index (χ1v) is 11.2. The second-order valence-electron chi connectivity index (χ2n) is 7.58. The van der Waals surface area contributed by atoms with Crippen molar-refractivity contribution >= 4 is 34.0 Å². The molecule has 1 aliphatic carbocycles. The summed E-state index contributed by atoms with van der Waals surface area (Å²) in [6.07, 6.45) is -1.06. The third kappa shape index (κ3) is 6.13. The van der Waals surface area contributed by atoms with Crippen LogP contribution in [0.25, 0.3) is 0 Å². The summed E-state index contributed by atoms with van der Waals surface area (Å²) < 4.78 is 43.9. The van der Waals surface area contributed by atoms with Gasteiger partial charge < -0.3 is 20.0 Å². The van der Waals surface area contributed by atoms with Crippen LogP contribution < -0.4 is 10.6 Å². The summed E-state index contributed by atoms with van der Waals surface area (Å²) in [7, 11) is 0. The number of anilines is 2. The Hall–Kier alpha value is -3.34. The van der Waals surface area contributed by atoms with E-state index in [4.69, 9.17) is 4.42 Å². The lowest BCUT2D eigenvalue weighted by Gasteiger charge is -2.21. The number of furan rings is 1. The zero-order chi connectivity index (χ0) is 23.4. The SMILES string of the molecule is O=C(CCN(C(=O)c1csc(Nc2cccc(C(F)(F)F)c2)n1)C1CC1)NCc1ccco1. The lowest BCUT2D eigenvalue weighted by atomic mass is 10.2. The molecule has 2 heterocycles. The summed E-state index contributed by atoms with van der Waals surface area (Å²) in [6.45, 7) is 0.529. The van der Waals surface area contributed by atoms with Gasteiger partial charge in [0.25, 0.3) is 5.91 Å². The molecule has 0 radical (unpaired) electrons. The van der Waals surface area contributed by atoms with Gasteiger partial charge in [0.05, 0.1) is 18.4 Å². The fraction of sp³-hybridized carbons (Fsp3) is 0.318. The maximum absolute atomic E-state index is 13.0. The first-order valence-electron chi connectivity index (χ1n) is 10.3. The summed E-state index contributed by atoms with van der Waals surface area (Å²) in [5, 5.41) is 7.44. The molecular formula is C22H21F3N4O3S. The van der Waals surface area contributed by atoms with Crippen LogP contribution in [0.1, 0.15) is 41.1 Å². The Morgan fingerprint density at radius 3 is 2.73 bits per heavy atom. The lowest BCUT2D eigenvalue weighted by molar-refractivity contribution is -0.137. The van der Waals surface area contributed by atoms with Crippen LogP contribution in [-0.2, 0) is 17.5 Å². The van der Waals surface area contributed by atoms with Crippen LogP contribution in [0.2, 0.25) is 0 Å². The van der Waals surface area contributed by atoms with Gasteiger partial charge in [-0.2, -0.15) is 13.2 Å². The van der Waals surface area contributed by atoms with Crippen molar-refractivity contribution in [1.29, 1.82) is 0 Å². The Balaban J connectivity index is 1.35. The van der Waals surface area contributed by atoms with Crippen LogP contribution in [0.4, 0.5) is 24.0 Å². The Kier molecular flexibility index (Phi) is 6.68. The van der Waals surface area contributed by atoms with Crippen LogP contribution in [-0.4, -0.2) is 34.3 Å². The normalized spacial score (nSPS) is 13.5. The first-order chi connectivity index (χ1) is 15.8. The minimum absolute atomic E-state index is 0.0666. The van der Waals surface area contributed by atoms with E-state index in [2.05, 4.69) is 15.6 Å². The maximum Gasteiger partial charge on any atom is 0.416 e. The molecule has 0 atom stereocenters. The van der Waals surface area contributed by atoms with E-state index in [0.717, 1.165) is 36.3 Å². The molecular weight excluding hydrogens is 457 g/mol. The van der Waals surface area contributed by atoms with Crippen molar-refractivity contribution in [3.05, 3.63) is 65.1 Å². The number of aromatic nitrogens is 1. The van der Waals surface area contributed by atoms with Gasteiger partial charge in [0.1, 0.15) is 11.5 Å². The predicted octanol–water partition coefficient (Wildman–Crippen LogP) is 4.81. The van der Waals surface area contributed by atoms with Crippen LogP contribution in [0, 0.1) is 0 Å². The zero-order valence-corrected chi connectivity index (χ0v) is 18.2. The van der Waals surface area contributed by atoms with Crippen molar-refractivity contribution in [2.75, 3.05) is 11.9 Å². The number of nitrogens with zero attached hydrogens (tertiary/aromatic N) is 2. The van der Waals surface area contributed by atoms with Gasteiger partial charge in [-0.3, -0.25) is 9.59 Å². The van der Waals surface area contributed by atoms with Crippen molar-refractivity contribution in [3.63, 3.8) is 0 Å². The van der Waals surface area contributed by atoms with Gasteiger partial charge >= 0.3 is 6.18 Å². The van der Waals surface area contributed by atoms with E-state index in [9.17, 15) is 22.8 Å². The summed E-state index contributed by atoms with van der Waals surface area (Å²) in [5.74, 6) is 0.140. The number of nitrogens with one attached hydrogen (secondary N) is 2. The van der Waals surface area contributed by atoms with Gasteiger partial charge in [-0.05, 0) is 43.2 Å². The molecule has 2 amide bonds. The largest absolute Gasteiger partial charge is 0.467 e. The van der Waals surface area contributed by atoms with Crippen LogP contribution in [0.3, 0.4) is 0 Å². The number of rotatable bonds is 9. The number of amides is 2. The number of alkyl halides is 3. The molecule has 11 heteroatoms. The molecule has 0 bridgehead atoms. The molecule has 4 rings (SSSR count). The number of thiazole rings is 1. The van der Waals surface area contributed by atoms with Crippen molar-refractivity contribution < 1.29 is 27.2 Å². The predicted molar refractivity (Wildman–Crippen MR) is 116 cm³/mol. The molecule has 0 unspecified atom stereocenters. The monoisotopic (exact) mass is 478 g/mol. The molecule has 0 saturated heterocycles. The average molecular weight is 478 g/mol. The number of carbonyl (C=O) groups excluding carboxylic acids is 2. The number of carbonyl (C=O) groups is 2. The van der Waals surface area contributed by atoms with E-state index in [0.29, 0.717) is 10.9 Å². The van der Waals surface area contributed by atoms with Gasteiger partial charge in [0.2, 0.25) is 5.91 Å². The van der Waals surface area contributed by atoms with E-state index in [-0.39, 0.29) is 48.7 Å². The molecule has 2 N–H and O–H groups in total. The van der Waals surface area contributed by atoms with Gasteiger partial charge in [0, 0.05) is 30.1 Å². The summed E-state index contributed by atoms with van der Waals surface area (Å²) in [6, 6.07) is 8.33. The number of benzene rings is 1. The Labute approximate surface area is 191 Å². The molecule has 1 aliphatic rings. The van der Waals surface area contributed by atoms with Crippen LogP contribution >= 0.6 is 11.3 Å². The molecule has 33 heavy (non-hydrogen) atoms. The fourth-order valence-corrected chi connectivity index (χ4v) is 3.92. The quantitative estimate of drug-likeness (QED) is 0.461. The van der Waals surface area contributed by atoms with Gasteiger partial charge in [-0.15, -0.1) is 11.3 Å². The summed E-state index contributed by atoms with van der Waals surface area (Å²) in [4.78, 5) is 31.0. The highest BCUT2D eigenvalue weighted by molar-refractivity contribution is 7.14. The molecule has 2 aromatic heterocycles. The van der Waals surface area contributed by atoms with Gasteiger partial charge in [-0.1, -0.05) is 6.07 Å². The second kappa shape index (κ2) is 9.65. The number of halogens is 3. The minimum Gasteiger partial charge on any atom is -0.467 e. The molecule has 3 aromatic rings. The summed E-state index contributed by atoms with van der Waals surface area (Å²) >= 11 is 1.13. The minimum atomic E-state index is -4.45. The highest BCUT2D eigenvalue weighted by atomic mass is 32.1. The Morgan fingerprint density at radius 2 is 2.03 bits per heavy atom. The van der Waals surface area contributed by atoms with Crippen LogP contribution in [0.15, 0.2) is 52.5 Å². The van der Waals surface area contributed by atoms with E-state index in [1.165, 1.54) is 18.4 Å². The Bertz CT molecular complexity index is 1110. The molecule has 7 nitrogen and oxygen atoms in total. The maximum atomic E-state index is 13.0. The molecule has 0 aliphatic heterocycles. The van der Waals surface area contributed by atoms with E-state index >= 15 is 0 Å². The topological polar surface area (TPSA) is 87.5 Å². The highest BCUT2D eigenvalue weighted by Gasteiger charge is 2.34. The van der Waals surface area contributed by atoms with Crippen molar-refractivity contribution in [2.45, 2.75) is 38.0 Å². The molecule has 1 saturated carbocycles. The Morgan fingerprint density at radius 1 is 1.21 bits per heavy atom. The smallest absolute Gasteiger partial charge is 0.416 e. The standard InChI is InChI=1S/C22H21F3N4O3S/c23-22(24,25)14-3-1-4-15(11-14)27-21-28-18(13-33-21)20(31)29(16-6-7-16)9-8-19(30)26-12-17-5-2-10-32-17/h1-5,10-11,13,16H,6-9,12H2,(H,26,30)(H,27,28). The van der Waals surface area contributed by atoms with E-state index in [1.54, 1.807) is 22.4 Å². The second-order valence-corrected chi connectivity index (χ2v) is 8.44. The summed E-state index contributed by atoms with van der Waals surface area (Å²) in [5.41, 5.74) is -0.353. The molecule has 1 aromatic carbocycles. The van der Waals surface area contributed by atoms with Crippen molar-refractivity contribution in [1.82, 2.24) is 15.2 Å². The zero-order valence-electron chi connectivity index (χ0n) is 17.4. The van der Waals surface area contributed by atoms with E-state index in [1.807, 2.05) is 0 Å². The van der Waals surface area contributed by atoms with Gasteiger partial charge in [-0.25, -0.2) is 4.98 Å². The number of hydrogen-bond acceptors (Lipinski definition) is 6. The first kappa shape index (κ1) is 22.8. The van der Waals surface area contributed by atoms with Crippen molar-refractivity contribution in [2.24, 2.45) is 0 Å².